The number of hydrogen-bond acceptors (Lipinski definition) is 6. The quantitative estimate of drug-likeness (QED) is 0.306. The molecule has 1 saturated heterocycles. The SMILES string of the molecule is COCCCN1C(=O)C(=O)/C(=C(/O)c2cc(C(C)(C)C)ccc2OC)C1c1ccccn1. The third-order valence-electron chi connectivity index (χ3n) is 5.58. The third-order valence-corrected chi connectivity index (χ3v) is 5.58. The molecule has 1 aromatic carbocycles. The molecule has 0 radical (unpaired) electrons. The molecule has 0 spiro atoms. The molecule has 1 amide bonds. The van der Waals surface area contributed by atoms with Crippen LogP contribution in [0.15, 0.2) is 48.2 Å². The van der Waals surface area contributed by atoms with Crippen molar-refractivity contribution in [2.75, 3.05) is 27.4 Å². The summed E-state index contributed by atoms with van der Waals surface area (Å²) in [6.07, 6.45) is 2.15. The summed E-state index contributed by atoms with van der Waals surface area (Å²) in [6, 6.07) is 10.00. The minimum atomic E-state index is -0.795. The van der Waals surface area contributed by atoms with Gasteiger partial charge in [0.15, 0.2) is 0 Å². The van der Waals surface area contributed by atoms with Crippen molar-refractivity contribution in [3.63, 3.8) is 0 Å². The van der Waals surface area contributed by atoms with Gasteiger partial charge < -0.3 is 19.5 Å². The molecule has 0 saturated carbocycles. The number of nitrogens with zero attached hydrogens (tertiary/aromatic N) is 2. The molecule has 1 N–H and O–H groups in total. The Labute approximate surface area is 188 Å². The average molecular weight is 439 g/mol. The maximum atomic E-state index is 13.1. The summed E-state index contributed by atoms with van der Waals surface area (Å²) in [5.74, 6) is -1.25. The fourth-order valence-electron chi connectivity index (χ4n) is 3.84. The van der Waals surface area contributed by atoms with Gasteiger partial charge in [0.1, 0.15) is 17.6 Å². The number of methoxy groups -OCH3 is 2. The predicted octanol–water partition coefficient (Wildman–Crippen LogP) is 3.85. The van der Waals surface area contributed by atoms with Gasteiger partial charge in [0.2, 0.25) is 0 Å². The van der Waals surface area contributed by atoms with E-state index in [0.29, 0.717) is 36.6 Å². The molecule has 1 aliphatic rings. The second-order valence-corrected chi connectivity index (χ2v) is 8.76. The third kappa shape index (κ3) is 4.53. The first-order chi connectivity index (χ1) is 15.2. The number of Topliss-reactive ketones (excluding diaryl/α,β-unsaturated/α-hetero) is 1. The normalized spacial score (nSPS) is 18.3. The molecule has 32 heavy (non-hydrogen) atoms. The molecule has 0 bridgehead atoms. The lowest BCUT2D eigenvalue weighted by molar-refractivity contribution is -0.140. The summed E-state index contributed by atoms with van der Waals surface area (Å²) in [5, 5.41) is 11.4. The van der Waals surface area contributed by atoms with Gasteiger partial charge in [-0.1, -0.05) is 32.9 Å². The molecule has 0 aliphatic carbocycles. The van der Waals surface area contributed by atoms with E-state index in [-0.39, 0.29) is 16.7 Å². The Kier molecular flexibility index (Phi) is 6.99. The molecule has 7 heteroatoms. The first-order valence-corrected chi connectivity index (χ1v) is 10.6. The lowest BCUT2D eigenvalue weighted by atomic mass is 9.85. The van der Waals surface area contributed by atoms with E-state index in [1.165, 1.54) is 12.0 Å². The topological polar surface area (TPSA) is 89.0 Å². The van der Waals surface area contributed by atoms with Crippen LogP contribution in [-0.4, -0.2) is 54.1 Å². The van der Waals surface area contributed by atoms with Gasteiger partial charge in [0.25, 0.3) is 11.7 Å². The van der Waals surface area contributed by atoms with Crippen molar-refractivity contribution in [1.82, 2.24) is 9.88 Å². The van der Waals surface area contributed by atoms with Crippen LogP contribution in [-0.2, 0) is 19.7 Å². The summed E-state index contributed by atoms with van der Waals surface area (Å²) in [7, 11) is 3.08. The van der Waals surface area contributed by atoms with Gasteiger partial charge in [-0.3, -0.25) is 14.6 Å². The number of pyridine rings is 1. The Morgan fingerprint density at radius 2 is 1.91 bits per heavy atom. The van der Waals surface area contributed by atoms with Crippen LogP contribution in [0.3, 0.4) is 0 Å². The average Bonchev–Trinajstić information content (AvgIpc) is 3.03. The maximum absolute atomic E-state index is 13.1. The highest BCUT2D eigenvalue weighted by Gasteiger charge is 2.46. The van der Waals surface area contributed by atoms with E-state index in [2.05, 4.69) is 25.8 Å². The number of hydrogen-bond donors (Lipinski definition) is 1. The second-order valence-electron chi connectivity index (χ2n) is 8.76. The number of amides is 1. The summed E-state index contributed by atoms with van der Waals surface area (Å²) >= 11 is 0. The maximum Gasteiger partial charge on any atom is 0.295 e. The van der Waals surface area contributed by atoms with E-state index in [1.54, 1.807) is 37.6 Å². The molecule has 1 aliphatic heterocycles. The highest BCUT2D eigenvalue weighted by molar-refractivity contribution is 6.46. The second kappa shape index (κ2) is 9.53. The number of aliphatic hydroxyl groups is 1. The van der Waals surface area contributed by atoms with Gasteiger partial charge in [0, 0.05) is 26.5 Å². The Balaban J connectivity index is 2.20. The van der Waals surface area contributed by atoms with Crippen LogP contribution in [0.1, 0.15) is 50.1 Å². The van der Waals surface area contributed by atoms with Crippen molar-refractivity contribution in [3.8, 4) is 5.75 Å². The number of rotatable bonds is 7. The van der Waals surface area contributed by atoms with Crippen molar-refractivity contribution >= 4 is 17.4 Å². The van der Waals surface area contributed by atoms with E-state index in [4.69, 9.17) is 9.47 Å². The lowest BCUT2D eigenvalue weighted by Gasteiger charge is -2.25. The monoisotopic (exact) mass is 438 g/mol. The Morgan fingerprint density at radius 3 is 2.50 bits per heavy atom. The Bertz CT molecular complexity index is 1020. The number of carbonyl (C=O) groups is 2. The van der Waals surface area contributed by atoms with E-state index in [1.807, 2.05) is 12.1 Å². The minimum absolute atomic E-state index is 0.00970. The summed E-state index contributed by atoms with van der Waals surface area (Å²) in [6.45, 7) is 6.92. The summed E-state index contributed by atoms with van der Waals surface area (Å²) in [5.41, 5.74) is 1.67. The molecule has 170 valence electrons. The molecule has 1 unspecified atom stereocenters. The molecule has 3 rings (SSSR count). The number of carbonyl (C=O) groups excluding carboxylic acids is 2. The van der Waals surface area contributed by atoms with Crippen molar-refractivity contribution in [2.24, 2.45) is 0 Å². The van der Waals surface area contributed by atoms with E-state index >= 15 is 0 Å². The fraction of sp³-hybridized carbons (Fsp3) is 0.400. The molecule has 7 nitrogen and oxygen atoms in total. The number of benzene rings is 1. The lowest BCUT2D eigenvalue weighted by Crippen LogP contribution is -2.31. The van der Waals surface area contributed by atoms with Crippen molar-refractivity contribution < 1.29 is 24.2 Å². The standard InChI is InChI=1S/C25H30N2O5/c1-25(2,3)16-10-11-19(32-5)17(15-16)22(28)20-21(18-9-6-7-12-26-18)27(13-8-14-31-4)24(30)23(20)29/h6-7,9-12,15,21,28H,8,13-14H2,1-5H3/b22-20+. The summed E-state index contributed by atoms with van der Waals surface area (Å²) in [4.78, 5) is 31.9. The van der Waals surface area contributed by atoms with Crippen molar-refractivity contribution in [1.29, 1.82) is 0 Å². The van der Waals surface area contributed by atoms with Gasteiger partial charge in [0.05, 0.1) is 23.9 Å². The molecule has 1 fully saturated rings. The van der Waals surface area contributed by atoms with Crippen molar-refractivity contribution in [2.45, 2.75) is 38.6 Å². The van der Waals surface area contributed by atoms with Gasteiger partial charge in [-0.2, -0.15) is 0 Å². The van der Waals surface area contributed by atoms with E-state index < -0.39 is 17.7 Å². The van der Waals surface area contributed by atoms with Crippen LogP contribution in [0.4, 0.5) is 0 Å². The number of aromatic nitrogens is 1. The van der Waals surface area contributed by atoms with Crippen LogP contribution in [0.2, 0.25) is 0 Å². The number of ether oxygens (including phenoxy) is 2. The zero-order valence-corrected chi connectivity index (χ0v) is 19.2. The molecule has 2 heterocycles. The highest BCUT2D eigenvalue weighted by Crippen LogP contribution is 2.41. The van der Waals surface area contributed by atoms with Crippen LogP contribution in [0.5, 0.6) is 5.75 Å². The fourth-order valence-corrected chi connectivity index (χ4v) is 3.84. The number of aliphatic hydroxyl groups excluding tert-OH is 1. The largest absolute Gasteiger partial charge is 0.507 e. The zero-order valence-electron chi connectivity index (χ0n) is 19.2. The smallest absolute Gasteiger partial charge is 0.295 e. The number of likely N-dealkylation sites (tertiary alicyclic amines) is 1. The van der Waals surface area contributed by atoms with Gasteiger partial charge in [-0.05, 0) is 41.7 Å². The molecular formula is C25H30N2O5. The van der Waals surface area contributed by atoms with Gasteiger partial charge in [-0.15, -0.1) is 0 Å². The van der Waals surface area contributed by atoms with E-state index in [0.717, 1.165) is 5.56 Å². The molecule has 2 aromatic rings. The number of ketones is 1. The predicted molar refractivity (Wildman–Crippen MR) is 121 cm³/mol. The van der Waals surface area contributed by atoms with Gasteiger partial charge >= 0.3 is 0 Å². The molecule has 1 atom stereocenters. The van der Waals surface area contributed by atoms with Crippen LogP contribution < -0.4 is 4.74 Å². The Morgan fingerprint density at radius 1 is 1.16 bits per heavy atom. The first kappa shape index (κ1) is 23.5. The van der Waals surface area contributed by atoms with Crippen molar-refractivity contribution in [3.05, 3.63) is 65.0 Å². The Hall–Kier alpha value is -3.19. The summed E-state index contributed by atoms with van der Waals surface area (Å²) < 4.78 is 10.6. The molecular weight excluding hydrogens is 408 g/mol. The van der Waals surface area contributed by atoms with Gasteiger partial charge in [-0.25, -0.2) is 0 Å². The minimum Gasteiger partial charge on any atom is -0.507 e. The zero-order chi connectivity index (χ0) is 23.5. The van der Waals surface area contributed by atoms with Crippen LogP contribution in [0.25, 0.3) is 5.76 Å². The van der Waals surface area contributed by atoms with Crippen LogP contribution >= 0.6 is 0 Å². The first-order valence-electron chi connectivity index (χ1n) is 10.6. The van der Waals surface area contributed by atoms with E-state index in [9.17, 15) is 14.7 Å². The van der Waals surface area contributed by atoms with Crippen LogP contribution in [0, 0.1) is 0 Å². The highest BCUT2D eigenvalue weighted by atomic mass is 16.5. The molecule has 1 aromatic heterocycles.